The van der Waals surface area contributed by atoms with Gasteiger partial charge in [0, 0.05) is 0 Å². The van der Waals surface area contributed by atoms with E-state index in [0.717, 1.165) is 31.2 Å². The fourth-order valence-electron chi connectivity index (χ4n) is 6.11. The van der Waals surface area contributed by atoms with Crippen LogP contribution in [-0.4, -0.2) is 35.7 Å². The van der Waals surface area contributed by atoms with Crippen LogP contribution in [0.15, 0.2) is 30.3 Å². The molecule has 3 unspecified atom stereocenters. The predicted molar refractivity (Wildman–Crippen MR) is 112 cm³/mol. The van der Waals surface area contributed by atoms with Gasteiger partial charge >= 0.3 is 0 Å². The number of rotatable bonds is 4. The maximum Gasteiger partial charge on any atom is 0.250 e. The maximum absolute atomic E-state index is 13.9. The standard InChI is InChI=1S/C23H31NO4S/c1-16(25)22(4,12-17-8-6-5-7-9-17)20(26)24-23-13-18(15-29(24,27)28)10-11-19(14-23)21(23,2)3/h5-9,18-19H,10-15H2,1-4H3/t18?,19?,22-,23?/m1/s1. The van der Waals surface area contributed by atoms with Gasteiger partial charge in [-0.25, -0.2) is 12.7 Å². The Hall–Kier alpha value is -1.69. The van der Waals surface area contributed by atoms with E-state index in [2.05, 4.69) is 13.8 Å². The van der Waals surface area contributed by atoms with Gasteiger partial charge in [0.15, 0.2) is 0 Å². The second kappa shape index (κ2) is 6.40. The number of hydrogen-bond acceptors (Lipinski definition) is 4. The molecule has 29 heavy (non-hydrogen) atoms. The third kappa shape index (κ3) is 2.82. The Morgan fingerprint density at radius 1 is 1.14 bits per heavy atom. The molecule has 1 aromatic rings. The second-order valence-corrected chi connectivity index (χ2v) is 12.1. The van der Waals surface area contributed by atoms with E-state index in [4.69, 9.17) is 0 Å². The fraction of sp³-hybridized carbons (Fsp3) is 0.652. The van der Waals surface area contributed by atoms with Gasteiger partial charge in [-0.1, -0.05) is 44.2 Å². The molecule has 3 bridgehead atoms. The van der Waals surface area contributed by atoms with Crippen molar-refractivity contribution in [3.63, 3.8) is 0 Å². The molecule has 158 valence electrons. The van der Waals surface area contributed by atoms with Gasteiger partial charge in [0.05, 0.1) is 11.3 Å². The normalized spacial score (nSPS) is 33.7. The SMILES string of the molecule is CC(=O)[C@@](C)(Cc1ccccc1)C(=O)N1C23CC(CCC(C2)C3(C)C)CS1(=O)=O. The summed E-state index contributed by atoms with van der Waals surface area (Å²) in [6.45, 7) is 7.22. The van der Waals surface area contributed by atoms with Gasteiger partial charge in [-0.3, -0.25) is 9.59 Å². The Kier molecular flexibility index (Phi) is 4.54. The van der Waals surface area contributed by atoms with Gasteiger partial charge < -0.3 is 0 Å². The lowest BCUT2D eigenvalue weighted by Crippen LogP contribution is -2.74. The highest BCUT2D eigenvalue weighted by atomic mass is 32.2. The van der Waals surface area contributed by atoms with Gasteiger partial charge in [0.1, 0.15) is 11.2 Å². The number of ketones is 1. The number of nitrogens with zero attached hydrogens (tertiary/aromatic N) is 1. The van der Waals surface area contributed by atoms with E-state index in [-0.39, 0.29) is 29.3 Å². The third-order valence-electron chi connectivity index (χ3n) is 8.30. The number of Topliss-reactive ketones (excluding diaryl/α,β-unsaturated/α-hetero) is 1. The van der Waals surface area contributed by atoms with Crippen molar-refractivity contribution in [3.05, 3.63) is 35.9 Å². The third-order valence-corrected chi connectivity index (χ3v) is 10.3. The fourth-order valence-corrected chi connectivity index (χ4v) is 8.51. The van der Waals surface area contributed by atoms with Crippen molar-refractivity contribution in [1.82, 2.24) is 4.31 Å². The Morgan fingerprint density at radius 2 is 1.79 bits per heavy atom. The molecule has 6 heteroatoms. The van der Waals surface area contributed by atoms with Crippen LogP contribution in [-0.2, 0) is 26.0 Å². The summed E-state index contributed by atoms with van der Waals surface area (Å²) < 4.78 is 28.0. The summed E-state index contributed by atoms with van der Waals surface area (Å²) >= 11 is 0. The minimum atomic E-state index is -3.77. The van der Waals surface area contributed by atoms with E-state index in [9.17, 15) is 18.0 Å². The monoisotopic (exact) mass is 417 g/mol. The molecule has 1 aromatic carbocycles. The summed E-state index contributed by atoms with van der Waals surface area (Å²) in [5.74, 6) is -0.284. The van der Waals surface area contributed by atoms with Crippen LogP contribution in [0.3, 0.4) is 0 Å². The van der Waals surface area contributed by atoms with E-state index in [0.29, 0.717) is 5.92 Å². The number of hydrogen-bond donors (Lipinski definition) is 0. The smallest absolute Gasteiger partial charge is 0.250 e. The highest BCUT2D eigenvalue weighted by Gasteiger charge is 2.70. The van der Waals surface area contributed by atoms with Gasteiger partial charge in [-0.15, -0.1) is 0 Å². The van der Waals surface area contributed by atoms with Crippen molar-refractivity contribution in [1.29, 1.82) is 0 Å². The Morgan fingerprint density at radius 3 is 2.38 bits per heavy atom. The molecule has 4 atom stereocenters. The number of benzene rings is 1. The minimum Gasteiger partial charge on any atom is -0.299 e. The first-order valence-electron chi connectivity index (χ1n) is 10.6. The van der Waals surface area contributed by atoms with E-state index < -0.39 is 26.9 Å². The van der Waals surface area contributed by atoms with Crippen LogP contribution in [0.4, 0.5) is 0 Å². The molecule has 1 heterocycles. The van der Waals surface area contributed by atoms with Crippen molar-refractivity contribution in [3.8, 4) is 0 Å². The molecule has 3 aliphatic carbocycles. The zero-order valence-corrected chi connectivity index (χ0v) is 18.6. The quantitative estimate of drug-likeness (QED) is 0.702. The molecule has 4 aliphatic rings. The molecule has 3 saturated carbocycles. The molecule has 1 saturated heterocycles. The lowest BCUT2D eigenvalue weighted by atomic mass is 9.48. The van der Waals surface area contributed by atoms with Crippen molar-refractivity contribution in [2.24, 2.45) is 22.7 Å². The van der Waals surface area contributed by atoms with Gasteiger partial charge in [0.25, 0.3) is 0 Å². The summed E-state index contributed by atoms with van der Waals surface area (Å²) in [6.07, 6.45) is 3.58. The first kappa shape index (κ1) is 20.6. The van der Waals surface area contributed by atoms with E-state index in [1.807, 2.05) is 30.3 Å². The molecule has 5 nitrogen and oxygen atoms in total. The first-order chi connectivity index (χ1) is 13.4. The van der Waals surface area contributed by atoms with Crippen molar-refractivity contribution in [2.45, 2.75) is 65.3 Å². The zero-order chi connectivity index (χ0) is 21.2. The highest BCUT2D eigenvalue weighted by Crippen LogP contribution is 2.66. The van der Waals surface area contributed by atoms with Gasteiger partial charge in [0.2, 0.25) is 15.9 Å². The Balaban J connectivity index is 1.80. The second-order valence-electron chi connectivity index (χ2n) is 10.2. The average molecular weight is 418 g/mol. The number of sulfonamides is 1. The van der Waals surface area contributed by atoms with Gasteiger partial charge in [-0.05, 0) is 68.8 Å². The van der Waals surface area contributed by atoms with Gasteiger partial charge in [-0.2, -0.15) is 0 Å². The molecule has 1 amide bonds. The van der Waals surface area contributed by atoms with Crippen molar-refractivity contribution < 1.29 is 18.0 Å². The lowest BCUT2D eigenvalue weighted by Gasteiger charge is -2.66. The van der Waals surface area contributed by atoms with Crippen molar-refractivity contribution in [2.75, 3.05) is 5.75 Å². The molecule has 4 fully saturated rings. The summed E-state index contributed by atoms with van der Waals surface area (Å²) in [6, 6.07) is 9.37. The van der Waals surface area contributed by atoms with Crippen LogP contribution < -0.4 is 0 Å². The van der Waals surface area contributed by atoms with Crippen LogP contribution in [0.5, 0.6) is 0 Å². The van der Waals surface area contributed by atoms with Crippen LogP contribution in [0.2, 0.25) is 0 Å². The van der Waals surface area contributed by atoms with Crippen LogP contribution in [0.25, 0.3) is 0 Å². The molecule has 5 rings (SSSR count). The Labute approximate surface area is 173 Å². The molecule has 0 N–H and O–H groups in total. The summed E-state index contributed by atoms with van der Waals surface area (Å²) in [4.78, 5) is 26.7. The molecular weight excluding hydrogens is 386 g/mol. The number of amides is 1. The summed E-state index contributed by atoms with van der Waals surface area (Å²) in [5, 5.41) is 0. The van der Waals surface area contributed by atoms with Crippen LogP contribution in [0, 0.1) is 22.7 Å². The number of carbonyl (C=O) groups excluding carboxylic acids is 2. The Bertz CT molecular complexity index is 954. The van der Waals surface area contributed by atoms with Crippen LogP contribution in [0.1, 0.15) is 58.9 Å². The molecule has 1 spiro atoms. The van der Waals surface area contributed by atoms with Crippen molar-refractivity contribution >= 4 is 21.7 Å². The minimum absolute atomic E-state index is 0.0165. The van der Waals surface area contributed by atoms with Crippen LogP contribution >= 0.6 is 0 Å². The molecule has 0 aromatic heterocycles. The number of fused-ring (bicyclic) bond motifs is 1. The maximum atomic E-state index is 13.9. The topological polar surface area (TPSA) is 71.5 Å². The largest absolute Gasteiger partial charge is 0.299 e. The van der Waals surface area contributed by atoms with E-state index in [1.54, 1.807) is 6.92 Å². The highest BCUT2D eigenvalue weighted by molar-refractivity contribution is 7.89. The first-order valence-corrected chi connectivity index (χ1v) is 12.2. The summed E-state index contributed by atoms with van der Waals surface area (Å²) in [7, 11) is -3.77. The average Bonchev–Trinajstić information content (AvgIpc) is 2.85. The molecular formula is C23H31NO4S. The number of carbonyl (C=O) groups is 2. The van der Waals surface area contributed by atoms with E-state index in [1.165, 1.54) is 11.2 Å². The lowest BCUT2D eigenvalue weighted by molar-refractivity contribution is -0.167. The molecule has 1 aliphatic heterocycles. The van der Waals surface area contributed by atoms with E-state index >= 15 is 0 Å². The predicted octanol–water partition coefficient (Wildman–Crippen LogP) is 3.58. The summed E-state index contributed by atoms with van der Waals surface area (Å²) in [5.41, 5.74) is -1.51. The zero-order valence-electron chi connectivity index (χ0n) is 17.8. The molecule has 0 radical (unpaired) electrons.